The first-order chi connectivity index (χ1) is 13.1. The van der Waals surface area contributed by atoms with Crippen LogP contribution in [0.1, 0.15) is 10.4 Å². The molecule has 0 aliphatic carbocycles. The molecule has 0 radical (unpaired) electrons. The van der Waals surface area contributed by atoms with Gasteiger partial charge in [0.1, 0.15) is 11.6 Å². The van der Waals surface area contributed by atoms with Crippen LogP contribution in [0.2, 0.25) is 0 Å². The Morgan fingerprint density at radius 2 is 1.63 bits per heavy atom. The number of nitrogens with zero attached hydrogens (tertiary/aromatic N) is 2. The van der Waals surface area contributed by atoms with E-state index in [1.807, 2.05) is 0 Å². The molecule has 0 aliphatic rings. The molecule has 0 saturated heterocycles. The van der Waals surface area contributed by atoms with Gasteiger partial charge in [-0.1, -0.05) is 0 Å². The lowest BCUT2D eigenvalue weighted by Gasteiger charge is -2.08. The van der Waals surface area contributed by atoms with Crippen LogP contribution in [-0.4, -0.2) is 28.3 Å². The summed E-state index contributed by atoms with van der Waals surface area (Å²) in [6.45, 7) is -0.216. The molecule has 8 heteroatoms. The molecule has 0 aliphatic heterocycles. The monoisotopic (exact) mass is 366 g/mol. The molecule has 7 nitrogen and oxygen atoms in total. The summed E-state index contributed by atoms with van der Waals surface area (Å²) in [5.74, 6) is -0.776. The largest absolute Gasteiger partial charge is 0.424 e. The molecule has 3 rings (SSSR count). The standard InChI is InChI=1S/C19H15FN4O3/c20-14-4-2-13(3-5-14)18(26)23-12-17(25)24-15-6-8-16(9-7-15)27-19-21-10-1-11-22-19/h1-11H,12H2,(H,23,26)(H,24,25). The van der Waals surface area contributed by atoms with Crippen molar-refractivity contribution in [1.82, 2.24) is 15.3 Å². The van der Waals surface area contributed by atoms with Crippen molar-refractivity contribution in [2.45, 2.75) is 0 Å². The van der Waals surface area contributed by atoms with E-state index in [2.05, 4.69) is 20.6 Å². The second-order valence-electron chi connectivity index (χ2n) is 5.40. The first kappa shape index (κ1) is 18.0. The fourth-order valence-electron chi connectivity index (χ4n) is 2.12. The van der Waals surface area contributed by atoms with E-state index in [0.717, 1.165) is 0 Å². The predicted octanol–water partition coefficient (Wildman–Crippen LogP) is 2.78. The highest BCUT2D eigenvalue weighted by molar-refractivity contribution is 5.99. The number of carbonyl (C=O) groups excluding carboxylic acids is 2. The summed E-state index contributed by atoms with van der Waals surface area (Å²) in [5, 5.41) is 5.12. The number of benzene rings is 2. The second-order valence-corrected chi connectivity index (χ2v) is 5.40. The van der Waals surface area contributed by atoms with Gasteiger partial charge in [-0.25, -0.2) is 14.4 Å². The Kier molecular flexibility index (Phi) is 5.68. The first-order valence-corrected chi connectivity index (χ1v) is 7.99. The van der Waals surface area contributed by atoms with Gasteiger partial charge in [-0.2, -0.15) is 0 Å². The molecule has 0 atom stereocenters. The number of ether oxygens (including phenoxy) is 1. The third-order valence-corrected chi connectivity index (χ3v) is 3.41. The van der Waals surface area contributed by atoms with Crippen LogP contribution in [0.25, 0.3) is 0 Å². The van der Waals surface area contributed by atoms with E-state index in [9.17, 15) is 14.0 Å². The molecular weight excluding hydrogens is 351 g/mol. The van der Waals surface area contributed by atoms with Gasteiger partial charge in [0.15, 0.2) is 0 Å². The van der Waals surface area contributed by atoms with E-state index < -0.39 is 17.6 Å². The number of aromatic nitrogens is 2. The minimum atomic E-state index is -0.461. The van der Waals surface area contributed by atoms with Crippen molar-refractivity contribution < 1.29 is 18.7 Å². The highest BCUT2D eigenvalue weighted by Gasteiger charge is 2.08. The molecule has 2 N–H and O–H groups in total. The zero-order valence-corrected chi connectivity index (χ0v) is 14.1. The summed E-state index contributed by atoms with van der Waals surface area (Å²) < 4.78 is 18.3. The molecular formula is C19H15FN4O3. The molecule has 0 saturated carbocycles. The van der Waals surface area contributed by atoms with Gasteiger partial charge in [-0.3, -0.25) is 9.59 Å². The number of amides is 2. The number of anilines is 1. The van der Waals surface area contributed by atoms with Crippen LogP contribution in [0.15, 0.2) is 67.0 Å². The zero-order chi connectivity index (χ0) is 19.1. The van der Waals surface area contributed by atoms with Crippen LogP contribution in [0.5, 0.6) is 11.8 Å². The second kappa shape index (κ2) is 8.52. The van der Waals surface area contributed by atoms with Gasteiger partial charge in [0.25, 0.3) is 5.91 Å². The summed E-state index contributed by atoms with van der Waals surface area (Å²) in [4.78, 5) is 31.7. The smallest absolute Gasteiger partial charge is 0.321 e. The SMILES string of the molecule is O=C(CNC(=O)c1ccc(F)cc1)Nc1ccc(Oc2ncccn2)cc1. The topological polar surface area (TPSA) is 93.2 Å². The lowest BCUT2D eigenvalue weighted by molar-refractivity contribution is -0.115. The van der Waals surface area contributed by atoms with Crippen LogP contribution in [0.3, 0.4) is 0 Å². The van der Waals surface area contributed by atoms with Crippen molar-refractivity contribution >= 4 is 17.5 Å². The highest BCUT2D eigenvalue weighted by atomic mass is 19.1. The van der Waals surface area contributed by atoms with E-state index in [1.165, 1.54) is 24.3 Å². The lowest BCUT2D eigenvalue weighted by atomic mass is 10.2. The Morgan fingerprint density at radius 1 is 0.963 bits per heavy atom. The fraction of sp³-hybridized carbons (Fsp3) is 0.0526. The summed E-state index contributed by atoms with van der Waals surface area (Å²) in [6.07, 6.45) is 3.13. The quantitative estimate of drug-likeness (QED) is 0.700. The third-order valence-electron chi connectivity index (χ3n) is 3.41. The molecule has 1 aromatic heterocycles. The maximum Gasteiger partial charge on any atom is 0.321 e. The van der Waals surface area contributed by atoms with Gasteiger partial charge in [0.2, 0.25) is 5.91 Å². The molecule has 0 unspecified atom stereocenters. The van der Waals surface area contributed by atoms with Gasteiger partial charge in [0, 0.05) is 23.6 Å². The van der Waals surface area contributed by atoms with E-state index in [0.29, 0.717) is 11.4 Å². The summed E-state index contributed by atoms with van der Waals surface area (Å²) in [6, 6.07) is 13.6. The Hall–Kier alpha value is -3.81. The van der Waals surface area contributed by atoms with E-state index in [1.54, 1.807) is 42.7 Å². The zero-order valence-electron chi connectivity index (χ0n) is 14.1. The van der Waals surface area contributed by atoms with Crippen LogP contribution < -0.4 is 15.4 Å². The fourth-order valence-corrected chi connectivity index (χ4v) is 2.12. The molecule has 27 heavy (non-hydrogen) atoms. The van der Waals surface area contributed by atoms with Gasteiger partial charge in [0.05, 0.1) is 6.54 Å². The summed E-state index contributed by atoms with van der Waals surface area (Å²) in [5.41, 5.74) is 0.811. The molecule has 2 amide bonds. The van der Waals surface area contributed by atoms with Crippen molar-refractivity contribution in [2.24, 2.45) is 0 Å². The summed E-state index contributed by atoms with van der Waals surface area (Å²) in [7, 11) is 0. The number of rotatable bonds is 6. The van der Waals surface area contributed by atoms with Crippen LogP contribution in [0, 0.1) is 5.82 Å². The van der Waals surface area contributed by atoms with E-state index >= 15 is 0 Å². The van der Waals surface area contributed by atoms with Gasteiger partial charge in [-0.05, 0) is 54.6 Å². The summed E-state index contributed by atoms with van der Waals surface area (Å²) >= 11 is 0. The number of halogens is 1. The Bertz CT molecular complexity index is 916. The van der Waals surface area contributed by atoms with Gasteiger partial charge >= 0.3 is 6.01 Å². The number of hydrogen-bond donors (Lipinski definition) is 2. The third kappa shape index (κ3) is 5.33. The first-order valence-electron chi connectivity index (χ1n) is 7.99. The van der Waals surface area contributed by atoms with E-state index in [4.69, 9.17) is 4.74 Å². The average molecular weight is 366 g/mol. The molecule has 1 heterocycles. The Morgan fingerprint density at radius 3 is 2.30 bits per heavy atom. The molecule has 3 aromatic rings. The van der Waals surface area contributed by atoms with Crippen molar-refractivity contribution in [1.29, 1.82) is 0 Å². The minimum Gasteiger partial charge on any atom is -0.424 e. The number of nitrogens with one attached hydrogen (secondary N) is 2. The number of hydrogen-bond acceptors (Lipinski definition) is 5. The van der Waals surface area contributed by atoms with E-state index in [-0.39, 0.29) is 18.1 Å². The molecule has 0 fully saturated rings. The predicted molar refractivity (Wildman–Crippen MR) is 95.9 cm³/mol. The van der Waals surface area contributed by atoms with Crippen molar-refractivity contribution in [3.63, 3.8) is 0 Å². The van der Waals surface area contributed by atoms with Crippen LogP contribution in [0.4, 0.5) is 10.1 Å². The van der Waals surface area contributed by atoms with Gasteiger partial charge < -0.3 is 15.4 Å². The molecule has 0 spiro atoms. The maximum atomic E-state index is 12.8. The van der Waals surface area contributed by atoms with Crippen molar-refractivity contribution in [3.05, 3.63) is 78.4 Å². The molecule has 2 aromatic carbocycles. The lowest BCUT2D eigenvalue weighted by Crippen LogP contribution is -2.32. The average Bonchev–Trinajstić information content (AvgIpc) is 2.69. The van der Waals surface area contributed by atoms with Crippen molar-refractivity contribution in [2.75, 3.05) is 11.9 Å². The minimum absolute atomic E-state index is 0.216. The normalized spacial score (nSPS) is 10.1. The Balaban J connectivity index is 1.49. The van der Waals surface area contributed by atoms with Crippen molar-refractivity contribution in [3.8, 4) is 11.8 Å². The van der Waals surface area contributed by atoms with Gasteiger partial charge in [-0.15, -0.1) is 0 Å². The number of carbonyl (C=O) groups is 2. The molecule has 136 valence electrons. The highest BCUT2D eigenvalue weighted by Crippen LogP contribution is 2.19. The maximum absolute atomic E-state index is 12.8. The van der Waals surface area contributed by atoms with Crippen LogP contribution in [-0.2, 0) is 4.79 Å². The Labute approximate surface area is 154 Å². The van der Waals surface area contributed by atoms with Crippen LogP contribution >= 0.6 is 0 Å². The molecule has 0 bridgehead atoms.